The van der Waals surface area contributed by atoms with Crippen molar-refractivity contribution in [3.8, 4) is 0 Å². The molecule has 1 aliphatic carbocycles. The second kappa shape index (κ2) is 3.34. The molecule has 0 aliphatic heterocycles. The summed E-state index contributed by atoms with van der Waals surface area (Å²) < 4.78 is 0. The van der Waals surface area contributed by atoms with Gasteiger partial charge >= 0.3 is 0 Å². The van der Waals surface area contributed by atoms with Crippen molar-refractivity contribution < 1.29 is 0 Å². The van der Waals surface area contributed by atoms with Crippen molar-refractivity contribution in [3.05, 3.63) is 69.6 Å². The quantitative estimate of drug-likeness (QED) is 0.621. The van der Waals surface area contributed by atoms with Gasteiger partial charge in [-0.15, -0.1) is 0 Å². The van der Waals surface area contributed by atoms with E-state index in [9.17, 15) is 0 Å². The number of fused-ring (bicyclic) bond motifs is 2. The Morgan fingerprint density at radius 2 is 1.81 bits per heavy atom. The molecule has 2 aromatic carbocycles. The molecule has 78 valence electrons. The largest absolute Gasteiger partial charge is 0.0918 e. The van der Waals surface area contributed by atoms with E-state index in [1.165, 1.54) is 21.9 Å². The molecule has 0 saturated carbocycles. The minimum absolute atomic E-state index is 0.470. The Labute approximate surface area is 95.6 Å². The normalized spacial score (nSPS) is 17.2. The molecule has 0 fully saturated rings. The molecule has 0 heteroatoms. The topological polar surface area (TPSA) is 0 Å². The number of benzene rings is 2. The molecule has 0 spiro atoms. The van der Waals surface area contributed by atoms with E-state index in [4.69, 9.17) is 0 Å². The first-order chi connectivity index (χ1) is 7.75. The standard InChI is InChI=1S/C16H14/c1-11-7-8-14-10-13-5-3-4-6-15(13)12(2)16(14)9-11/h3-10,12H,1H2,2H3. The van der Waals surface area contributed by atoms with Crippen LogP contribution in [-0.2, 0) is 0 Å². The second-order valence-corrected chi connectivity index (χ2v) is 4.46. The number of hydrogen-bond acceptors (Lipinski definition) is 0. The molecule has 0 radical (unpaired) electrons. The summed E-state index contributed by atoms with van der Waals surface area (Å²) in [5.41, 5.74) is 4.16. The second-order valence-electron chi connectivity index (χ2n) is 4.46. The molecule has 0 N–H and O–H groups in total. The fraction of sp³-hybridized carbons (Fsp3) is 0.125. The van der Waals surface area contributed by atoms with E-state index in [1.54, 1.807) is 0 Å². The van der Waals surface area contributed by atoms with Gasteiger partial charge in [-0.1, -0.05) is 56.0 Å². The van der Waals surface area contributed by atoms with Gasteiger partial charge in [-0.25, -0.2) is 0 Å². The Hall–Kier alpha value is -1.82. The number of hydrogen-bond donors (Lipinski definition) is 0. The minimum Gasteiger partial charge on any atom is -0.0918 e. The lowest BCUT2D eigenvalue weighted by molar-refractivity contribution is 0.898. The summed E-state index contributed by atoms with van der Waals surface area (Å²) >= 11 is 0. The minimum atomic E-state index is 0.470. The van der Waals surface area contributed by atoms with Gasteiger partial charge in [0.2, 0.25) is 0 Å². The predicted molar refractivity (Wildman–Crippen MR) is 68.7 cm³/mol. The summed E-state index contributed by atoms with van der Waals surface area (Å²) in [5.74, 6) is 0.470. The van der Waals surface area contributed by atoms with Crippen LogP contribution in [0.25, 0.3) is 12.7 Å². The molecule has 0 saturated heterocycles. The van der Waals surface area contributed by atoms with Crippen LogP contribution in [0.2, 0.25) is 0 Å². The van der Waals surface area contributed by atoms with E-state index < -0.39 is 0 Å². The fourth-order valence-corrected chi connectivity index (χ4v) is 2.50. The van der Waals surface area contributed by atoms with Crippen LogP contribution < -0.4 is 10.4 Å². The van der Waals surface area contributed by atoms with Crippen molar-refractivity contribution in [2.24, 2.45) is 0 Å². The van der Waals surface area contributed by atoms with Crippen molar-refractivity contribution in [1.29, 1.82) is 0 Å². The van der Waals surface area contributed by atoms with E-state index in [2.05, 4.69) is 62.0 Å². The van der Waals surface area contributed by atoms with E-state index in [1.807, 2.05) is 0 Å². The van der Waals surface area contributed by atoms with Crippen LogP contribution in [-0.4, -0.2) is 0 Å². The maximum atomic E-state index is 4.01. The van der Waals surface area contributed by atoms with Gasteiger partial charge in [-0.2, -0.15) is 0 Å². The highest BCUT2D eigenvalue weighted by atomic mass is 14.2. The summed E-state index contributed by atoms with van der Waals surface area (Å²) in [6.45, 7) is 6.27. The van der Waals surface area contributed by atoms with Crippen molar-refractivity contribution in [3.63, 3.8) is 0 Å². The predicted octanol–water partition coefficient (Wildman–Crippen LogP) is 2.39. The van der Waals surface area contributed by atoms with Crippen molar-refractivity contribution >= 4 is 12.7 Å². The molecule has 0 bridgehead atoms. The third kappa shape index (κ3) is 1.30. The average molecular weight is 206 g/mol. The highest BCUT2D eigenvalue weighted by Gasteiger charge is 2.16. The molecule has 0 aromatic heterocycles. The molecule has 1 unspecified atom stereocenters. The zero-order chi connectivity index (χ0) is 11.1. The monoisotopic (exact) mass is 206 g/mol. The van der Waals surface area contributed by atoms with Crippen LogP contribution in [0.5, 0.6) is 0 Å². The third-order valence-electron chi connectivity index (χ3n) is 3.39. The van der Waals surface area contributed by atoms with Gasteiger partial charge in [-0.05, 0) is 33.2 Å². The van der Waals surface area contributed by atoms with Crippen LogP contribution in [0.15, 0.2) is 42.5 Å². The zero-order valence-corrected chi connectivity index (χ0v) is 9.40. The number of rotatable bonds is 0. The summed E-state index contributed by atoms with van der Waals surface area (Å²) in [6, 6.07) is 15.1. The van der Waals surface area contributed by atoms with Gasteiger partial charge in [0.05, 0.1) is 0 Å². The van der Waals surface area contributed by atoms with Crippen LogP contribution >= 0.6 is 0 Å². The lowest BCUT2D eigenvalue weighted by atomic mass is 9.84. The fourth-order valence-electron chi connectivity index (χ4n) is 2.50. The molecular weight excluding hydrogens is 192 g/mol. The SMILES string of the molecule is C=c1ccc2c(c1)C(C)c1ccccc1C=2. The molecule has 0 amide bonds. The highest BCUT2D eigenvalue weighted by molar-refractivity contribution is 5.61. The highest BCUT2D eigenvalue weighted by Crippen LogP contribution is 2.27. The Bertz CT molecular complexity index is 650. The van der Waals surface area contributed by atoms with Gasteiger partial charge in [0.25, 0.3) is 0 Å². The lowest BCUT2D eigenvalue weighted by Gasteiger charge is -2.20. The third-order valence-corrected chi connectivity index (χ3v) is 3.39. The van der Waals surface area contributed by atoms with Crippen LogP contribution in [0.1, 0.15) is 29.5 Å². The van der Waals surface area contributed by atoms with Crippen LogP contribution in [0.3, 0.4) is 0 Å². The lowest BCUT2D eigenvalue weighted by Crippen LogP contribution is -2.21. The van der Waals surface area contributed by atoms with Gasteiger partial charge in [-0.3, -0.25) is 0 Å². The first kappa shape index (κ1) is 9.41. The summed E-state index contributed by atoms with van der Waals surface area (Å²) in [5, 5.41) is 2.43. The van der Waals surface area contributed by atoms with Crippen molar-refractivity contribution in [1.82, 2.24) is 0 Å². The molecule has 1 aliphatic rings. The van der Waals surface area contributed by atoms with E-state index >= 15 is 0 Å². The molecule has 0 heterocycles. The molecule has 0 nitrogen and oxygen atoms in total. The first-order valence-electron chi connectivity index (χ1n) is 5.65. The molecule has 1 atom stereocenters. The smallest absolute Gasteiger partial charge is 0.00730 e. The van der Waals surface area contributed by atoms with Crippen LogP contribution in [0.4, 0.5) is 0 Å². The first-order valence-corrected chi connectivity index (χ1v) is 5.65. The molecular formula is C16H14. The average Bonchev–Trinajstić information content (AvgIpc) is 2.31. The van der Waals surface area contributed by atoms with Gasteiger partial charge in [0.15, 0.2) is 0 Å². The van der Waals surface area contributed by atoms with Gasteiger partial charge < -0.3 is 0 Å². The van der Waals surface area contributed by atoms with Gasteiger partial charge in [0, 0.05) is 5.92 Å². The Morgan fingerprint density at radius 1 is 1.00 bits per heavy atom. The van der Waals surface area contributed by atoms with E-state index in [0.717, 1.165) is 5.22 Å². The van der Waals surface area contributed by atoms with Crippen molar-refractivity contribution in [2.75, 3.05) is 0 Å². The van der Waals surface area contributed by atoms with E-state index in [0.29, 0.717) is 5.92 Å². The Balaban J connectivity index is 2.39. The van der Waals surface area contributed by atoms with Crippen LogP contribution in [0, 0.1) is 0 Å². The maximum absolute atomic E-state index is 4.01. The Kier molecular flexibility index (Phi) is 1.97. The Morgan fingerprint density at radius 3 is 2.69 bits per heavy atom. The molecule has 2 aromatic rings. The van der Waals surface area contributed by atoms with Crippen molar-refractivity contribution in [2.45, 2.75) is 12.8 Å². The summed E-state index contributed by atoms with van der Waals surface area (Å²) in [6.07, 6.45) is 2.27. The zero-order valence-electron chi connectivity index (χ0n) is 9.40. The molecule has 3 rings (SSSR count). The summed E-state index contributed by atoms with van der Waals surface area (Å²) in [7, 11) is 0. The summed E-state index contributed by atoms with van der Waals surface area (Å²) in [4.78, 5) is 0. The molecule has 16 heavy (non-hydrogen) atoms. The maximum Gasteiger partial charge on any atom is 0.00730 e. The van der Waals surface area contributed by atoms with Gasteiger partial charge in [0.1, 0.15) is 0 Å². The van der Waals surface area contributed by atoms with E-state index in [-0.39, 0.29) is 0 Å².